The molecule has 1 aromatic carbocycles. The highest BCUT2D eigenvalue weighted by molar-refractivity contribution is 5.20. The molecule has 2 rings (SSSR count). The minimum absolute atomic E-state index is 0.01000. The maximum absolute atomic E-state index is 12.9. The molecular weight excluding hydrogens is 196 g/mol. The van der Waals surface area contributed by atoms with Crippen LogP contribution in [0, 0.1) is 17.6 Å². The molecule has 3 heteroatoms. The van der Waals surface area contributed by atoms with Crippen LogP contribution < -0.4 is 5.32 Å². The number of rotatable bonds is 4. The number of halogens is 2. The maximum Gasteiger partial charge on any atom is 0.126 e. The van der Waals surface area contributed by atoms with Gasteiger partial charge in [0.25, 0.3) is 0 Å². The molecule has 1 atom stereocenters. The lowest BCUT2D eigenvalue weighted by Crippen LogP contribution is -2.21. The van der Waals surface area contributed by atoms with E-state index in [4.69, 9.17) is 0 Å². The second-order valence-electron chi connectivity index (χ2n) is 4.28. The van der Waals surface area contributed by atoms with Gasteiger partial charge in [-0.3, -0.25) is 0 Å². The molecule has 0 bridgehead atoms. The Hall–Kier alpha value is -0.960. The fourth-order valence-electron chi connectivity index (χ4n) is 1.61. The Balaban J connectivity index is 1.99. The van der Waals surface area contributed by atoms with Gasteiger partial charge in [0.15, 0.2) is 0 Å². The SMILES string of the molecule is CC(NCC1CC1)c1cc(F)cc(F)c1. The van der Waals surface area contributed by atoms with Gasteiger partial charge >= 0.3 is 0 Å². The van der Waals surface area contributed by atoms with E-state index in [0.29, 0.717) is 5.56 Å². The average Bonchev–Trinajstić information content (AvgIpc) is 2.96. The van der Waals surface area contributed by atoms with Gasteiger partial charge in [-0.1, -0.05) is 0 Å². The number of hydrogen-bond acceptors (Lipinski definition) is 1. The zero-order valence-electron chi connectivity index (χ0n) is 8.76. The van der Waals surface area contributed by atoms with Crippen LogP contribution in [0.3, 0.4) is 0 Å². The Morgan fingerprint density at radius 3 is 2.40 bits per heavy atom. The van der Waals surface area contributed by atoms with E-state index in [9.17, 15) is 8.78 Å². The van der Waals surface area contributed by atoms with E-state index in [1.165, 1.54) is 25.0 Å². The molecule has 1 aliphatic carbocycles. The standard InChI is InChI=1S/C12H15F2N/c1-8(15-7-9-2-3-9)10-4-11(13)6-12(14)5-10/h4-6,8-9,15H,2-3,7H2,1H3. The molecule has 0 amide bonds. The molecule has 1 fully saturated rings. The van der Waals surface area contributed by atoms with Crippen molar-refractivity contribution in [3.63, 3.8) is 0 Å². The summed E-state index contributed by atoms with van der Waals surface area (Å²) < 4.78 is 25.9. The van der Waals surface area contributed by atoms with E-state index >= 15 is 0 Å². The predicted octanol–water partition coefficient (Wildman–Crippen LogP) is 3.03. The van der Waals surface area contributed by atoms with Gasteiger partial charge in [0.2, 0.25) is 0 Å². The van der Waals surface area contributed by atoms with Gasteiger partial charge in [-0.15, -0.1) is 0 Å². The maximum atomic E-state index is 12.9. The van der Waals surface area contributed by atoms with Crippen molar-refractivity contribution in [3.05, 3.63) is 35.4 Å². The smallest absolute Gasteiger partial charge is 0.126 e. The van der Waals surface area contributed by atoms with Crippen LogP contribution in [0.1, 0.15) is 31.4 Å². The zero-order chi connectivity index (χ0) is 10.8. The minimum atomic E-state index is -0.509. The number of benzene rings is 1. The minimum Gasteiger partial charge on any atom is -0.310 e. The lowest BCUT2D eigenvalue weighted by Gasteiger charge is -2.14. The molecule has 1 nitrogen and oxygen atoms in total. The summed E-state index contributed by atoms with van der Waals surface area (Å²) in [6, 6.07) is 3.68. The van der Waals surface area contributed by atoms with Gasteiger partial charge < -0.3 is 5.32 Å². The first-order valence-electron chi connectivity index (χ1n) is 5.34. The van der Waals surface area contributed by atoms with Crippen molar-refractivity contribution in [3.8, 4) is 0 Å². The van der Waals surface area contributed by atoms with Crippen LogP contribution in [-0.2, 0) is 0 Å². The average molecular weight is 211 g/mol. The van der Waals surface area contributed by atoms with E-state index in [2.05, 4.69) is 5.32 Å². The van der Waals surface area contributed by atoms with E-state index < -0.39 is 11.6 Å². The fourth-order valence-corrected chi connectivity index (χ4v) is 1.61. The first kappa shape index (κ1) is 10.6. The van der Waals surface area contributed by atoms with Gasteiger partial charge in [0, 0.05) is 12.1 Å². The first-order valence-corrected chi connectivity index (χ1v) is 5.34. The quantitative estimate of drug-likeness (QED) is 0.807. The zero-order valence-corrected chi connectivity index (χ0v) is 8.76. The molecule has 82 valence electrons. The highest BCUT2D eigenvalue weighted by atomic mass is 19.1. The van der Waals surface area contributed by atoms with Crippen LogP contribution in [-0.4, -0.2) is 6.54 Å². The lowest BCUT2D eigenvalue weighted by molar-refractivity contribution is 0.531. The fraction of sp³-hybridized carbons (Fsp3) is 0.500. The summed E-state index contributed by atoms with van der Waals surface area (Å²) >= 11 is 0. The van der Waals surface area contributed by atoms with Crippen molar-refractivity contribution in [1.82, 2.24) is 5.32 Å². The van der Waals surface area contributed by atoms with Crippen molar-refractivity contribution >= 4 is 0 Å². The first-order chi connectivity index (χ1) is 7.15. The van der Waals surface area contributed by atoms with Crippen molar-refractivity contribution in [2.24, 2.45) is 5.92 Å². The Kier molecular flexibility index (Phi) is 3.00. The summed E-state index contributed by atoms with van der Waals surface area (Å²) in [6.45, 7) is 2.87. The summed E-state index contributed by atoms with van der Waals surface area (Å²) in [4.78, 5) is 0. The summed E-state index contributed by atoms with van der Waals surface area (Å²) in [5, 5.41) is 3.28. The highest BCUT2D eigenvalue weighted by Crippen LogP contribution is 2.28. The normalized spacial score (nSPS) is 17.8. The van der Waals surface area contributed by atoms with Crippen LogP contribution in [0.2, 0.25) is 0 Å². The molecule has 1 aliphatic rings. The van der Waals surface area contributed by atoms with Crippen LogP contribution in [0.5, 0.6) is 0 Å². The number of hydrogen-bond donors (Lipinski definition) is 1. The van der Waals surface area contributed by atoms with Crippen molar-refractivity contribution in [1.29, 1.82) is 0 Å². The molecule has 15 heavy (non-hydrogen) atoms. The molecule has 0 aliphatic heterocycles. The molecule has 0 radical (unpaired) electrons. The summed E-state index contributed by atoms with van der Waals surface area (Å²) in [5.74, 6) is -0.249. The van der Waals surface area contributed by atoms with Gasteiger partial charge in [0.05, 0.1) is 0 Å². The largest absolute Gasteiger partial charge is 0.310 e. The third-order valence-electron chi connectivity index (χ3n) is 2.79. The second kappa shape index (κ2) is 4.27. The predicted molar refractivity (Wildman–Crippen MR) is 55.5 cm³/mol. The second-order valence-corrected chi connectivity index (χ2v) is 4.28. The highest BCUT2D eigenvalue weighted by Gasteiger charge is 2.21. The summed E-state index contributed by atoms with van der Waals surface area (Å²) in [7, 11) is 0. The molecule has 1 N–H and O–H groups in total. The van der Waals surface area contributed by atoms with Crippen molar-refractivity contribution in [2.45, 2.75) is 25.8 Å². The van der Waals surface area contributed by atoms with Gasteiger partial charge in [-0.2, -0.15) is 0 Å². The Morgan fingerprint density at radius 1 is 1.27 bits per heavy atom. The molecule has 0 heterocycles. The molecule has 1 unspecified atom stereocenters. The van der Waals surface area contributed by atoms with Gasteiger partial charge in [-0.25, -0.2) is 8.78 Å². The Labute approximate surface area is 88.5 Å². The third-order valence-corrected chi connectivity index (χ3v) is 2.79. The molecule has 1 aromatic rings. The van der Waals surface area contributed by atoms with E-state index in [-0.39, 0.29) is 6.04 Å². The molecular formula is C12H15F2N. The molecule has 1 saturated carbocycles. The van der Waals surface area contributed by atoms with Gasteiger partial charge in [0.1, 0.15) is 11.6 Å². The molecule has 0 spiro atoms. The van der Waals surface area contributed by atoms with Crippen molar-refractivity contribution in [2.75, 3.05) is 6.54 Å². The lowest BCUT2D eigenvalue weighted by atomic mass is 10.1. The van der Waals surface area contributed by atoms with Crippen molar-refractivity contribution < 1.29 is 8.78 Å². The monoisotopic (exact) mass is 211 g/mol. The Bertz CT molecular complexity index is 327. The Morgan fingerprint density at radius 2 is 1.87 bits per heavy atom. The van der Waals surface area contributed by atoms with E-state index in [1.807, 2.05) is 6.92 Å². The topological polar surface area (TPSA) is 12.0 Å². The molecule has 0 saturated heterocycles. The van der Waals surface area contributed by atoms with Crippen LogP contribution in [0.4, 0.5) is 8.78 Å². The third kappa shape index (κ3) is 2.99. The van der Waals surface area contributed by atoms with E-state index in [1.54, 1.807) is 0 Å². The molecule has 0 aromatic heterocycles. The summed E-state index contributed by atoms with van der Waals surface area (Å²) in [5.41, 5.74) is 0.674. The number of nitrogens with one attached hydrogen (secondary N) is 1. The van der Waals surface area contributed by atoms with E-state index in [0.717, 1.165) is 18.5 Å². The van der Waals surface area contributed by atoms with Crippen LogP contribution in [0.15, 0.2) is 18.2 Å². The van der Waals surface area contributed by atoms with Crippen LogP contribution in [0.25, 0.3) is 0 Å². The van der Waals surface area contributed by atoms with Crippen LogP contribution >= 0.6 is 0 Å². The summed E-state index contributed by atoms with van der Waals surface area (Å²) in [6.07, 6.45) is 2.55. The van der Waals surface area contributed by atoms with Gasteiger partial charge in [-0.05, 0) is 49.9 Å².